The summed E-state index contributed by atoms with van der Waals surface area (Å²) in [6.07, 6.45) is 0.730. The van der Waals surface area contributed by atoms with Crippen molar-refractivity contribution in [2.45, 2.75) is 13.3 Å². The lowest BCUT2D eigenvalue weighted by molar-refractivity contribution is -0.124. The predicted molar refractivity (Wildman–Crippen MR) is 93.4 cm³/mol. The summed E-state index contributed by atoms with van der Waals surface area (Å²) in [5.41, 5.74) is 2.93. The lowest BCUT2D eigenvalue weighted by atomic mass is 10.1. The Morgan fingerprint density at radius 2 is 1.96 bits per heavy atom. The summed E-state index contributed by atoms with van der Waals surface area (Å²) in [4.78, 5) is 24.0. The first-order valence-corrected chi connectivity index (χ1v) is 8.08. The quantitative estimate of drug-likeness (QED) is 0.700. The minimum absolute atomic E-state index is 0.306. The number of rotatable bonds is 6. The molecule has 0 unspecified atom stereocenters. The summed E-state index contributed by atoms with van der Waals surface area (Å²) >= 11 is 0. The third kappa shape index (κ3) is 3.91. The van der Waals surface area contributed by atoms with Gasteiger partial charge in [-0.15, -0.1) is 0 Å². The van der Waals surface area contributed by atoms with Gasteiger partial charge in [-0.05, 0) is 18.9 Å². The molecule has 0 radical (unpaired) electrons. The number of benzene rings is 1. The Labute approximate surface area is 145 Å². The molecule has 1 amide bonds. The highest BCUT2D eigenvalue weighted by atomic mass is 16.5. The number of hydrogen-bond donors (Lipinski definition) is 1. The molecule has 0 fully saturated rings. The highest BCUT2D eigenvalue weighted by molar-refractivity contribution is 5.95. The molecule has 0 aliphatic rings. The van der Waals surface area contributed by atoms with Gasteiger partial charge in [-0.2, -0.15) is 0 Å². The third-order valence-electron chi connectivity index (χ3n) is 3.98. The molecule has 25 heavy (non-hydrogen) atoms. The van der Waals surface area contributed by atoms with Crippen LogP contribution in [0.2, 0.25) is 0 Å². The Kier molecular flexibility index (Phi) is 4.88. The maximum Gasteiger partial charge on any atom is 0.355 e. The lowest BCUT2D eigenvalue weighted by Crippen LogP contribution is -2.30. The van der Waals surface area contributed by atoms with Gasteiger partial charge in [0.1, 0.15) is 11.5 Å². The van der Waals surface area contributed by atoms with Crippen molar-refractivity contribution in [1.82, 2.24) is 9.88 Å². The highest BCUT2D eigenvalue weighted by Gasteiger charge is 2.18. The monoisotopic (exact) mass is 340 g/mol. The standard InChI is InChI=1S/C19H20N2O4/c1-13-10-15-17(25-13)11-16(21(15)2)19(23)24-12-18(22)20-9-8-14-6-4-3-5-7-14/h3-7,10-11H,8-9,12H2,1-2H3,(H,20,22). The largest absolute Gasteiger partial charge is 0.460 e. The summed E-state index contributed by atoms with van der Waals surface area (Å²) in [5.74, 6) is -0.0962. The van der Waals surface area contributed by atoms with Crippen LogP contribution in [0.15, 0.2) is 46.9 Å². The number of carbonyl (C=O) groups is 2. The molecule has 2 heterocycles. The van der Waals surface area contributed by atoms with Crippen LogP contribution in [0, 0.1) is 6.92 Å². The Morgan fingerprint density at radius 1 is 1.20 bits per heavy atom. The van der Waals surface area contributed by atoms with Gasteiger partial charge in [-0.25, -0.2) is 4.79 Å². The fourth-order valence-electron chi connectivity index (χ4n) is 2.68. The molecule has 3 aromatic rings. The van der Waals surface area contributed by atoms with Gasteiger partial charge < -0.3 is 19.0 Å². The summed E-state index contributed by atoms with van der Waals surface area (Å²) in [5, 5.41) is 2.74. The maximum atomic E-state index is 12.2. The van der Waals surface area contributed by atoms with Crippen molar-refractivity contribution in [3.8, 4) is 0 Å². The zero-order valence-corrected chi connectivity index (χ0v) is 14.2. The Hall–Kier alpha value is -3.02. The van der Waals surface area contributed by atoms with Crippen LogP contribution < -0.4 is 5.32 Å². The van der Waals surface area contributed by atoms with E-state index in [9.17, 15) is 9.59 Å². The number of furan rings is 1. The van der Waals surface area contributed by atoms with Crippen molar-refractivity contribution >= 4 is 23.0 Å². The highest BCUT2D eigenvalue weighted by Crippen LogP contribution is 2.22. The van der Waals surface area contributed by atoms with Gasteiger partial charge >= 0.3 is 5.97 Å². The van der Waals surface area contributed by atoms with E-state index in [1.54, 1.807) is 17.7 Å². The molecule has 0 spiro atoms. The van der Waals surface area contributed by atoms with Gasteiger partial charge in [0.15, 0.2) is 12.2 Å². The van der Waals surface area contributed by atoms with Crippen molar-refractivity contribution in [2.24, 2.45) is 7.05 Å². The van der Waals surface area contributed by atoms with Gasteiger partial charge in [0.2, 0.25) is 0 Å². The molecule has 6 nitrogen and oxygen atoms in total. The molecule has 0 aliphatic heterocycles. The van der Waals surface area contributed by atoms with Crippen LogP contribution in [-0.2, 0) is 23.0 Å². The number of nitrogens with one attached hydrogen (secondary N) is 1. The molecule has 0 aliphatic carbocycles. The van der Waals surface area contributed by atoms with Crippen molar-refractivity contribution in [3.05, 3.63) is 59.5 Å². The second-order valence-electron chi connectivity index (χ2n) is 5.86. The second kappa shape index (κ2) is 7.25. The number of carbonyl (C=O) groups excluding carboxylic acids is 2. The Bertz CT molecular complexity index is 893. The first-order valence-electron chi connectivity index (χ1n) is 8.08. The summed E-state index contributed by atoms with van der Waals surface area (Å²) < 4.78 is 12.3. The number of nitrogens with zero attached hydrogens (tertiary/aromatic N) is 1. The van der Waals surface area contributed by atoms with Gasteiger partial charge in [-0.1, -0.05) is 30.3 Å². The molecule has 130 valence electrons. The Balaban J connectivity index is 1.48. The van der Waals surface area contributed by atoms with Crippen LogP contribution in [-0.4, -0.2) is 29.6 Å². The molecule has 2 aromatic heterocycles. The molecule has 0 saturated heterocycles. The number of esters is 1. The van der Waals surface area contributed by atoms with E-state index >= 15 is 0 Å². The average molecular weight is 340 g/mol. The molecule has 3 rings (SSSR count). The van der Waals surface area contributed by atoms with Crippen LogP contribution in [0.3, 0.4) is 0 Å². The fourth-order valence-corrected chi connectivity index (χ4v) is 2.68. The van der Waals surface area contributed by atoms with Crippen LogP contribution in [0.25, 0.3) is 11.1 Å². The van der Waals surface area contributed by atoms with E-state index in [2.05, 4.69) is 5.32 Å². The van der Waals surface area contributed by atoms with Crippen molar-refractivity contribution in [2.75, 3.05) is 13.2 Å². The molecule has 6 heteroatoms. The van der Waals surface area contributed by atoms with Gasteiger partial charge in [-0.3, -0.25) is 4.79 Å². The van der Waals surface area contributed by atoms with Gasteiger partial charge in [0, 0.05) is 25.7 Å². The molecule has 1 aromatic carbocycles. The zero-order valence-electron chi connectivity index (χ0n) is 14.2. The number of aromatic nitrogens is 1. The number of amides is 1. The SMILES string of the molecule is Cc1cc2c(cc(C(=O)OCC(=O)NCCc3ccccc3)n2C)o1. The van der Waals surface area contributed by atoms with E-state index in [-0.39, 0.29) is 12.5 Å². The molecular weight excluding hydrogens is 320 g/mol. The molecule has 0 bridgehead atoms. The van der Waals surface area contributed by atoms with Crippen LogP contribution in [0.1, 0.15) is 21.8 Å². The van der Waals surface area contributed by atoms with Crippen LogP contribution in [0.4, 0.5) is 0 Å². The van der Waals surface area contributed by atoms with E-state index in [0.717, 1.165) is 23.3 Å². The van der Waals surface area contributed by atoms with Crippen LogP contribution >= 0.6 is 0 Å². The minimum atomic E-state index is -0.551. The van der Waals surface area contributed by atoms with Crippen molar-refractivity contribution in [3.63, 3.8) is 0 Å². The molecule has 0 saturated carbocycles. The minimum Gasteiger partial charge on any atom is -0.460 e. The van der Waals surface area contributed by atoms with E-state index < -0.39 is 5.97 Å². The van der Waals surface area contributed by atoms with E-state index in [0.29, 0.717) is 17.8 Å². The Morgan fingerprint density at radius 3 is 2.68 bits per heavy atom. The smallest absolute Gasteiger partial charge is 0.355 e. The predicted octanol–water partition coefficient (Wildman–Crippen LogP) is 2.60. The van der Waals surface area contributed by atoms with E-state index in [1.165, 1.54) is 0 Å². The number of ether oxygens (including phenoxy) is 1. The first kappa shape index (κ1) is 16.8. The van der Waals surface area contributed by atoms with Crippen molar-refractivity contribution in [1.29, 1.82) is 0 Å². The van der Waals surface area contributed by atoms with Gasteiger partial charge in [0.25, 0.3) is 5.91 Å². The molecule has 0 atom stereocenters. The fraction of sp³-hybridized carbons (Fsp3) is 0.263. The summed E-state index contributed by atoms with van der Waals surface area (Å²) in [6, 6.07) is 13.3. The molecule has 1 N–H and O–H groups in total. The van der Waals surface area contributed by atoms with E-state index in [1.807, 2.05) is 43.3 Å². The zero-order chi connectivity index (χ0) is 17.8. The topological polar surface area (TPSA) is 73.5 Å². The van der Waals surface area contributed by atoms with E-state index in [4.69, 9.17) is 9.15 Å². The maximum absolute atomic E-state index is 12.2. The number of fused-ring (bicyclic) bond motifs is 1. The molecular formula is C19H20N2O4. The third-order valence-corrected chi connectivity index (χ3v) is 3.98. The number of hydrogen-bond acceptors (Lipinski definition) is 4. The summed E-state index contributed by atoms with van der Waals surface area (Å²) in [7, 11) is 1.76. The van der Waals surface area contributed by atoms with Crippen molar-refractivity contribution < 1.29 is 18.7 Å². The second-order valence-corrected chi connectivity index (χ2v) is 5.86. The summed E-state index contributed by atoms with van der Waals surface area (Å²) in [6.45, 7) is 2.04. The first-order chi connectivity index (χ1) is 12.0. The average Bonchev–Trinajstić information content (AvgIpc) is 3.11. The normalized spacial score (nSPS) is 10.8. The van der Waals surface area contributed by atoms with Gasteiger partial charge in [0.05, 0.1) is 5.52 Å². The van der Waals surface area contributed by atoms with Crippen LogP contribution in [0.5, 0.6) is 0 Å². The number of aryl methyl sites for hydroxylation is 2. The lowest BCUT2D eigenvalue weighted by Gasteiger charge is -2.07.